The van der Waals surface area contributed by atoms with E-state index < -0.39 is 0 Å². The largest absolute Gasteiger partial charge is 0.339 e. The quantitative estimate of drug-likeness (QED) is 0.780. The highest BCUT2D eigenvalue weighted by atomic mass is 32.1. The van der Waals surface area contributed by atoms with Gasteiger partial charge in [0.2, 0.25) is 17.6 Å². The summed E-state index contributed by atoms with van der Waals surface area (Å²) >= 11 is 1.54. The maximum atomic E-state index is 11.8. The van der Waals surface area contributed by atoms with E-state index in [1.54, 1.807) is 35.3 Å². The van der Waals surface area contributed by atoms with Gasteiger partial charge in [0.1, 0.15) is 0 Å². The number of rotatable bonds is 5. The molecule has 3 heterocycles. The van der Waals surface area contributed by atoms with Crippen molar-refractivity contribution in [3.8, 4) is 10.7 Å². The van der Waals surface area contributed by atoms with Gasteiger partial charge in [0.05, 0.1) is 4.88 Å². The maximum Gasteiger partial charge on any atom is 0.227 e. The fraction of sp³-hybridized carbons (Fsp3) is 0.231. The van der Waals surface area contributed by atoms with Gasteiger partial charge in [-0.3, -0.25) is 9.48 Å². The molecule has 1 amide bonds. The van der Waals surface area contributed by atoms with Gasteiger partial charge < -0.3 is 9.84 Å². The van der Waals surface area contributed by atoms with Gasteiger partial charge in [-0.15, -0.1) is 11.3 Å². The molecule has 108 valence electrons. The molecule has 21 heavy (non-hydrogen) atoms. The maximum absolute atomic E-state index is 11.8. The lowest BCUT2D eigenvalue weighted by molar-refractivity contribution is -0.116. The third-order valence-corrected chi connectivity index (χ3v) is 3.62. The molecule has 7 nitrogen and oxygen atoms in total. The number of hydrogen-bond acceptors (Lipinski definition) is 6. The highest BCUT2D eigenvalue weighted by Crippen LogP contribution is 2.21. The van der Waals surface area contributed by atoms with Gasteiger partial charge in [-0.2, -0.15) is 10.1 Å². The second kappa shape index (κ2) is 5.88. The van der Waals surface area contributed by atoms with Crippen molar-refractivity contribution in [2.75, 3.05) is 5.32 Å². The standard InChI is InChI=1S/C13H13N5O2S/c1-18-7-6-10(16-18)14-11(19)4-5-12-15-13(17-20-12)9-3-2-8-21-9/h2-3,6-8H,4-5H2,1H3,(H,14,16,19). The highest BCUT2D eigenvalue weighted by Gasteiger charge is 2.11. The van der Waals surface area contributed by atoms with Crippen LogP contribution in [0.2, 0.25) is 0 Å². The van der Waals surface area contributed by atoms with E-state index in [4.69, 9.17) is 4.52 Å². The normalized spacial score (nSPS) is 10.7. The second-order valence-electron chi connectivity index (χ2n) is 4.41. The van der Waals surface area contributed by atoms with Crippen molar-refractivity contribution in [3.63, 3.8) is 0 Å². The van der Waals surface area contributed by atoms with E-state index in [-0.39, 0.29) is 12.3 Å². The molecule has 1 N–H and O–H groups in total. The number of carbonyl (C=O) groups excluding carboxylic acids is 1. The minimum atomic E-state index is -0.135. The number of amides is 1. The number of anilines is 1. The van der Waals surface area contributed by atoms with Crippen molar-refractivity contribution in [3.05, 3.63) is 35.7 Å². The molecule has 0 bridgehead atoms. The summed E-state index contributed by atoms with van der Waals surface area (Å²) in [5.41, 5.74) is 0. The number of aromatic nitrogens is 4. The van der Waals surface area contributed by atoms with Crippen molar-refractivity contribution >= 4 is 23.1 Å². The van der Waals surface area contributed by atoms with Crippen molar-refractivity contribution in [1.82, 2.24) is 19.9 Å². The fourth-order valence-corrected chi connectivity index (χ4v) is 2.42. The highest BCUT2D eigenvalue weighted by molar-refractivity contribution is 7.13. The average molecular weight is 303 g/mol. The summed E-state index contributed by atoms with van der Waals surface area (Å²) in [5, 5.41) is 12.6. The number of hydrogen-bond donors (Lipinski definition) is 1. The summed E-state index contributed by atoms with van der Waals surface area (Å²) < 4.78 is 6.76. The first-order valence-corrected chi connectivity index (χ1v) is 7.24. The molecule has 0 unspecified atom stereocenters. The summed E-state index contributed by atoms with van der Waals surface area (Å²) in [6.45, 7) is 0. The Hall–Kier alpha value is -2.48. The van der Waals surface area contributed by atoms with Crippen molar-refractivity contribution in [2.45, 2.75) is 12.8 Å². The molecular formula is C13H13N5O2S. The molecule has 0 saturated heterocycles. The summed E-state index contributed by atoms with van der Waals surface area (Å²) in [6, 6.07) is 5.59. The predicted molar refractivity (Wildman–Crippen MR) is 77.8 cm³/mol. The molecule has 0 spiro atoms. The molecule has 0 aliphatic heterocycles. The smallest absolute Gasteiger partial charge is 0.227 e. The Morgan fingerprint density at radius 2 is 2.38 bits per heavy atom. The summed E-state index contributed by atoms with van der Waals surface area (Å²) in [7, 11) is 1.79. The molecule has 3 aromatic heterocycles. The van der Waals surface area contributed by atoms with Crippen LogP contribution in [-0.2, 0) is 18.3 Å². The third kappa shape index (κ3) is 3.34. The van der Waals surface area contributed by atoms with Crippen LogP contribution in [0.15, 0.2) is 34.3 Å². The van der Waals surface area contributed by atoms with E-state index in [1.165, 1.54) is 0 Å². The van der Waals surface area contributed by atoms with Gasteiger partial charge in [0.15, 0.2) is 5.82 Å². The van der Waals surface area contributed by atoms with E-state index >= 15 is 0 Å². The van der Waals surface area contributed by atoms with E-state index in [0.29, 0.717) is 24.0 Å². The van der Waals surface area contributed by atoms with E-state index in [1.807, 2.05) is 17.5 Å². The van der Waals surface area contributed by atoms with Crippen LogP contribution in [0.25, 0.3) is 10.7 Å². The zero-order chi connectivity index (χ0) is 14.7. The topological polar surface area (TPSA) is 85.8 Å². The number of aryl methyl sites for hydroxylation is 2. The molecule has 0 aliphatic rings. The first-order valence-electron chi connectivity index (χ1n) is 6.36. The first kappa shape index (κ1) is 13.5. The molecule has 0 atom stereocenters. The Labute approximate surface area is 124 Å². The van der Waals surface area contributed by atoms with Crippen LogP contribution < -0.4 is 5.32 Å². The van der Waals surface area contributed by atoms with Crippen LogP contribution in [0.3, 0.4) is 0 Å². The second-order valence-corrected chi connectivity index (χ2v) is 5.36. The molecule has 8 heteroatoms. The number of carbonyl (C=O) groups is 1. The Morgan fingerprint density at radius 1 is 1.48 bits per heavy atom. The van der Waals surface area contributed by atoms with Crippen LogP contribution in [0.5, 0.6) is 0 Å². The lowest BCUT2D eigenvalue weighted by Gasteiger charge is -1.99. The molecule has 0 fully saturated rings. The van der Waals surface area contributed by atoms with E-state index in [2.05, 4.69) is 20.6 Å². The predicted octanol–water partition coefficient (Wildman–Crippen LogP) is 2.10. The Bertz CT molecular complexity index is 731. The van der Waals surface area contributed by atoms with Crippen molar-refractivity contribution < 1.29 is 9.32 Å². The average Bonchev–Trinajstić information content (AvgIpc) is 3.17. The Kier molecular flexibility index (Phi) is 3.78. The van der Waals surface area contributed by atoms with Crippen LogP contribution >= 0.6 is 11.3 Å². The SMILES string of the molecule is Cn1ccc(NC(=O)CCc2nc(-c3cccs3)no2)n1. The fourth-order valence-electron chi connectivity index (χ4n) is 1.77. The molecule has 0 aliphatic carbocycles. The summed E-state index contributed by atoms with van der Waals surface area (Å²) in [5.74, 6) is 1.41. The molecular weight excluding hydrogens is 290 g/mol. The van der Waals surface area contributed by atoms with E-state index in [0.717, 1.165) is 4.88 Å². The van der Waals surface area contributed by atoms with Gasteiger partial charge in [-0.1, -0.05) is 11.2 Å². The minimum Gasteiger partial charge on any atom is -0.339 e. The summed E-state index contributed by atoms with van der Waals surface area (Å²) in [6.07, 6.45) is 2.43. The van der Waals surface area contributed by atoms with Gasteiger partial charge in [-0.05, 0) is 11.4 Å². The van der Waals surface area contributed by atoms with E-state index in [9.17, 15) is 4.79 Å². The molecule has 0 aromatic carbocycles. The van der Waals surface area contributed by atoms with Gasteiger partial charge in [-0.25, -0.2) is 0 Å². The van der Waals surface area contributed by atoms with Gasteiger partial charge in [0, 0.05) is 32.2 Å². The molecule has 3 aromatic rings. The third-order valence-electron chi connectivity index (χ3n) is 2.76. The van der Waals surface area contributed by atoms with Gasteiger partial charge >= 0.3 is 0 Å². The lowest BCUT2D eigenvalue weighted by Crippen LogP contribution is -2.13. The Balaban J connectivity index is 1.54. The first-order chi connectivity index (χ1) is 10.2. The lowest BCUT2D eigenvalue weighted by atomic mass is 10.3. The minimum absolute atomic E-state index is 0.135. The summed E-state index contributed by atoms with van der Waals surface area (Å²) in [4.78, 5) is 17.0. The number of thiophene rings is 1. The monoisotopic (exact) mass is 303 g/mol. The Morgan fingerprint density at radius 3 is 3.10 bits per heavy atom. The number of nitrogens with one attached hydrogen (secondary N) is 1. The molecule has 0 saturated carbocycles. The van der Waals surface area contributed by atoms with Crippen molar-refractivity contribution in [2.24, 2.45) is 7.05 Å². The van der Waals surface area contributed by atoms with Crippen molar-refractivity contribution in [1.29, 1.82) is 0 Å². The molecule has 3 rings (SSSR count). The van der Waals surface area contributed by atoms with Crippen LogP contribution in [0.1, 0.15) is 12.3 Å². The number of nitrogens with zero attached hydrogens (tertiary/aromatic N) is 4. The van der Waals surface area contributed by atoms with Gasteiger partial charge in [0.25, 0.3) is 0 Å². The zero-order valence-electron chi connectivity index (χ0n) is 11.3. The van der Waals surface area contributed by atoms with Crippen LogP contribution in [-0.4, -0.2) is 25.8 Å². The molecule has 0 radical (unpaired) electrons. The zero-order valence-corrected chi connectivity index (χ0v) is 12.1. The van der Waals surface area contributed by atoms with Crippen LogP contribution in [0, 0.1) is 0 Å². The van der Waals surface area contributed by atoms with Crippen LogP contribution in [0.4, 0.5) is 5.82 Å².